The maximum atomic E-state index is 12.0. The topological polar surface area (TPSA) is 47.6 Å². The Kier molecular flexibility index (Phi) is 5.74. The third-order valence-corrected chi connectivity index (χ3v) is 2.73. The number of carbonyl (C=O) groups is 1. The van der Waals surface area contributed by atoms with Crippen LogP contribution in [-0.2, 0) is 0 Å². The minimum absolute atomic E-state index is 0.129. The first-order chi connectivity index (χ1) is 9.12. The molecule has 0 aliphatic carbocycles. The molecule has 0 fully saturated rings. The van der Waals surface area contributed by atoms with Crippen LogP contribution in [0.5, 0.6) is 11.5 Å². The molecule has 0 radical (unpaired) electrons. The molecular formula is C15H19NO3. The van der Waals surface area contributed by atoms with Gasteiger partial charge in [-0.3, -0.25) is 4.79 Å². The predicted octanol–water partition coefficient (Wildman–Crippen LogP) is 2.24. The fourth-order valence-electron chi connectivity index (χ4n) is 1.46. The summed E-state index contributed by atoms with van der Waals surface area (Å²) in [6.45, 7) is 4.14. The van der Waals surface area contributed by atoms with Crippen LogP contribution < -0.4 is 14.8 Å². The van der Waals surface area contributed by atoms with Gasteiger partial charge in [-0.05, 0) is 31.5 Å². The first-order valence-corrected chi connectivity index (χ1v) is 6.17. The monoisotopic (exact) mass is 261 g/mol. The van der Waals surface area contributed by atoms with E-state index in [4.69, 9.17) is 15.9 Å². The molecule has 0 saturated carbocycles. The Labute approximate surface area is 114 Å². The Morgan fingerprint density at radius 1 is 1.47 bits per heavy atom. The van der Waals surface area contributed by atoms with Gasteiger partial charge in [0.05, 0.1) is 7.11 Å². The van der Waals surface area contributed by atoms with Crippen LogP contribution in [-0.4, -0.2) is 25.7 Å². The second kappa shape index (κ2) is 7.32. The van der Waals surface area contributed by atoms with Crippen molar-refractivity contribution in [2.75, 3.05) is 13.7 Å². The minimum atomic E-state index is -0.129. The van der Waals surface area contributed by atoms with E-state index in [1.165, 1.54) is 7.11 Å². The molecule has 1 unspecified atom stereocenters. The summed E-state index contributed by atoms with van der Waals surface area (Å²) in [6, 6.07) is 5.15. The second-order valence-corrected chi connectivity index (χ2v) is 4.14. The lowest BCUT2D eigenvalue weighted by Gasteiger charge is -2.13. The van der Waals surface area contributed by atoms with Crippen LogP contribution >= 0.6 is 0 Å². The molecule has 0 saturated heterocycles. The van der Waals surface area contributed by atoms with Gasteiger partial charge in [-0.25, -0.2) is 0 Å². The number of hydrogen-bond acceptors (Lipinski definition) is 3. The molecule has 0 spiro atoms. The maximum absolute atomic E-state index is 12.0. The summed E-state index contributed by atoms with van der Waals surface area (Å²) >= 11 is 0. The average molecular weight is 261 g/mol. The van der Waals surface area contributed by atoms with Crippen LogP contribution in [0.3, 0.4) is 0 Å². The summed E-state index contributed by atoms with van der Waals surface area (Å²) in [5.41, 5.74) is 0.533. The van der Waals surface area contributed by atoms with Crippen LogP contribution in [0.15, 0.2) is 18.2 Å². The molecule has 0 bridgehead atoms. The van der Waals surface area contributed by atoms with Crippen molar-refractivity contribution in [3.8, 4) is 23.8 Å². The van der Waals surface area contributed by atoms with E-state index in [0.29, 0.717) is 17.1 Å². The van der Waals surface area contributed by atoms with Crippen molar-refractivity contribution in [3.63, 3.8) is 0 Å². The largest absolute Gasteiger partial charge is 0.493 e. The number of nitrogens with one attached hydrogen (secondary N) is 1. The van der Waals surface area contributed by atoms with Crippen molar-refractivity contribution in [1.29, 1.82) is 0 Å². The molecule has 1 aromatic carbocycles. The molecule has 0 aliphatic heterocycles. The van der Waals surface area contributed by atoms with Gasteiger partial charge in [0.15, 0.2) is 11.5 Å². The molecule has 1 atom stereocenters. The Balaban J connectivity index is 2.87. The zero-order chi connectivity index (χ0) is 14.3. The van der Waals surface area contributed by atoms with E-state index in [9.17, 15) is 4.79 Å². The molecule has 0 aromatic heterocycles. The number of hydrogen-bond donors (Lipinski definition) is 1. The number of terminal acetylenes is 1. The number of ether oxygens (including phenoxy) is 2. The van der Waals surface area contributed by atoms with Crippen molar-refractivity contribution >= 4 is 5.91 Å². The summed E-state index contributed by atoms with van der Waals surface area (Å²) in [5, 5.41) is 2.89. The quantitative estimate of drug-likeness (QED) is 0.799. The number of methoxy groups -OCH3 is 1. The Bertz CT molecular complexity index is 477. The lowest BCUT2D eigenvalue weighted by atomic mass is 10.1. The second-order valence-electron chi connectivity index (χ2n) is 4.14. The molecular weight excluding hydrogens is 242 g/mol. The third-order valence-electron chi connectivity index (χ3n) is 2.73. The Morgan fingerprint density at radius 3 is 2.79 bits per heavy atom. The lowest BCUT2D eigenvalue weighted by Crippen LogP contribution is -2.31. The molecule has 0 heterocycles. The Hall–Kier alpha value is -2.15. The summed E-state index contributed by atoms with van der Waals surface area (Å²) in [7, 11) is 1.52. The minimum Gasteiger partial charge on any atom is -0.493 e. The zero-order valence-electron chi connectivity index (χ0n) is 11.5. The van der Waals surface area contributed by atoms with E-state index in [0.717, 1.165) is 6.42 Å². The molecule has 4 nitrogen and oxygen atoms in total. The third kappa shape index (κ3) is 4.22. The first-order valence-electron chi connectivity index (χ1n) is 6.17. The van der Waals surface area contributed by atoms with Gasteiger partial charge in [-0.2, -0.15) is 0 Å². The van der Waals surface area contributed by atoms with Gasteiger partial charge in [0.2, 0.25) is 0 Å². The van der Waals surface area contributed by atoms with Gasteiger partial charge in [0.1, 0.15) is 6.61 Å². The normalized spacial score (nSPS) is 11.3. The van der Waals surface area contributed by atoms with E-state index in [2.05, 4.69) is 11.2 Å². The average Bonchev–Trinajstić information content (AvgIpc) is 2.44. The maximum Gasteiger partial charge on any atom is 0.251 e. The lowest BCUT2D eigenvalue weighted by molar-refractivity contribution is 0.0939. The molecule has 19 heavy (non-hydrogen) atoms. The van der Waals surface area contributed by atoms with Crippen molar-refractivity contribution in [2.45, 2.75) is 26.3 Å². The molecule has 1 aromatic rings. The van der Waals surface area contributed by atoms with E-state index in [1.54, 1.807) is 18.2 Å². The smallest absolute Gasteiger partial charge is 0.251 e. The summed E-state index contributed by atoms with van der Waals surface area (Å²) < 4.78 is 10.5. The highest BCUT2D eigenvalue weighted by atomic mass is 16.5. The van der Waals surface area contributed by atoms with Gasteiger partial charge in [0.25, 0.3) is 5.91 Å². The SMILES string of the molecule is C#CCOc1ccc(C(=O)NC(C)CC)cc1OC. The summed E-state index contributed by atoms with van der Waals surface area (Å²) in [5.74, 6) is 3.27. The number of rotatable bonds is 6. The van der Waals surface area contributed by atoms with Crippen LogP contribution in [0.25, 0.3) is 0 Å². The van der Waals surface area contributed by atoms with E-state index in [-0.39, 0.29) is 18.6 Å². The number of benzene rings is 1. The highest BCUT2D eigenvalue weighted by molar-refractivity contribution is 5.95. The Morgan fingerprint density at radius 2 is 2.21 bits per heavy atom. The molecule has 1 rings (SSSR count). The zero-order valence-corrected chi connectivity index (χ0v) is 11.5. The van der Waals surface area contributed by atoms with Crippen molar-refractivity contribution in [2.24, 2.45) is 0 Å². The van der Waals surface area contributed by atoms with Crippen LogP contribution in [0.4, 0.5) is 0 Å². The fraction of sp³-hybridized carbons (Fsp3) is 0.400. The van der Waals surface area contributed by atoms with Crippen molar-refractivity contribution in [1.82, 2.24) is 5.32 Å². The molecule has 1 amide bonds. The van der Waals surface area contributed by atoms with Gasteiger partial charge < -0.3 is 14.8 Å². The fourth-order valence-corrected chi connectivity index (χ4v) is 1.46. The van der Waals surface area contributed by atoms with E-state index in [1.807, 2.05) is 13.8 Å². The number of amides is 1. The highest BCUT2D eigenvalue weighted by Gasteiger charge is 2.12. The van der Waals surface area contributed by atoms with E-state index >= 15 is 0 Å². The predicted molar refractivity (Wildman–Crippen MR) is 74.5 cm³/mol. The summed E-state index contributed by atoms with van der Waals surface area (Å²) in [4.78, 5) is 12.0. The van der Waals surface area contributed by atoms with Crippen LogP contribution in [0, 0.1) is 12.3 Å². The van der Waals surface area contributed by atoms with Gasteiger partial charge in [-0.15, -0.1) is 6.42 Å². The number of carbonyl (C=O) groups excluding carboxylic acids is 1. The first kappa shape index (κ1) is 14.9. The molecule has 4 heteroatoms. The van der Waals surface area contributed by atoms with Crippen LogP contribution in [0.1, 0.15) is 30.6 Å². The highest BCUT2D eigenvalue weighted by Crippen LogP contribution is 2.28. The summed E-state index contributed by atoms with van der Waals surface area (Å²) in [6.07, 6.45) is 6.02. The van der Waals surface area contributed by atoms with Crippen LogP contribution in [0.2, 0.25) is 0 Å². The molecule has 1 N–H and O–H groups in total. The van der Waals surface area contributed by atoms with Gasteiger partial charge in [-0.1, -0.05) is 12.8 Å². The van der Waals surface area contributed by atoms with E-state index < -0.39 is 0 Å². The van der Waals surface area contributed by atoms with Gasteiger partial charge in [0, 0.05) is 11.6 Å². The van der Waals surface area contributed by atoms with Gasteiger partial charge >= 0.3 is 0 Å². The van der Waals surface area contributed by atoms with Crippen molar-refractivity contribution < 1.29 is 14.3 Å². The standard InChI is InChI=1S/C15H19NO3/c1-5-9-19-13-8-7-12(10-14(13)18-4)15(17)16-11(3)6-2/h1,7-8,10-11H,6,9H2,2-4H3,(H,16,17). The molecule has 102 valence electrons. The molecule has 0 aliphatic rings. The van der Waals surface area contributed by atoms with Crippen molar-refractivity contribution in [3.05, 3.63) is 23.8 Å².